The van der Waals surface area contributed by atoms with E-state index in [2.05, 4.69) is 10.6 Å². The Bertz CT molecular complexity index is 826. The maximum atomic E-state index is 11.9. The van der Waals surface area contributed by atoms with Crippen molar-refractivity contribution in [3.63, 3.8) is 0 Å². The zero-order valence-electron chi connectivity index (χ0n) is 14.0. The van der Waals surface area contributed by atoms with Crippen molar-refractivity contribution in [1.29, 1.82) is 0 Å². The number of benzene rings is 1. The van der Waals surface area contributed by atoms with E-state index < -0.39 is 9.84 Å². The summed E-state index contributed by atoms with van der Waals surface area (Å²) < 4.78 is 27.8. The van der Waals surface area contributed by atoms with Gasteiger partial charge < -0.3 is 15.1 Å². The lowest BCUT2D eigenvalue weighted by Crippen LogP contribution is -2.32. The van der Waals surface area contributed by atoms with Crippen molar-refractivity contribution in [3.8, 4) is 0 Å². The molecule has 0 radical (unpaired) electrons. The molecule has 2 aromatic rings. The minimum Gasteiger partial charge on any atom is -0.459 e. The third kappa shape index (κ3) is 5.46. The van der Waals surface area contributed by atoms with Gasteiger partial charge in [0.15, 0.2) is 15.6 Å². The van der Waals surface area contributed by atoms with Gasteiger partial charge in [0.05, 0.1) is 17.2 Å². The number of carbonyl (C=O) groups excluding carboxylic acids is 2. The summed E-state index contributed by atoms with van der Waals surface area (Å²) in [4.78, 5) is 23.8. The molecule has 1 aromatic carbocycles. The zero-order chi connectivity index (χ0) is 18.4. The summed E-state index contributed by atoms with van der Waals surface area (Å²) in [6.07, 6.45) is 2.67. The number of hydrogen-bond acceptors (Lipinski definition) is 5. The quantitative estimate of drug-likeness (QED) is 0.778. The average Bonchev–Trinajstić information content (AvgIpc) is 3.08. The van der Waals surface area contributed by atoms with Gasteiger partial charge in [0, 0.05) is 19.2 Å². The van der Waals surface area contributed by atoms with Crippen molar-refractivity contribution in [1.82, 2.24) is 10.6 Å². The number of rotatable bonds is 7. The molecule has 8 heteroatoms. The van der Waals surface area contributed by atoms with Crippen LogP contribution in [0.3, 0.4) is 0 Å². The maximum Gasteiger partial charge on any atom is 0.286 e. The van der Waals surface area contributed by atoms with Gasteiger partial charge in [-0.25, -0.2) is 8.42 Å². The Labute approximate surface area is 146 Å². The molecule has 0 fully saturated rings. The lowest BCUT2D eigenvalue weighted by molar-refractivity contribution is -0.121. The summed E-state index contributed by atoms with van der Waals surface area (Å²) in [5.41, 5.74) is 0.792. The molecular weight excluding hydrogens is 344 g/mol. The van der Waals surface area contributed by atoms with Crippen LogP contribution in [0.4, 0.5) is 0 Å². The predicted octanol–water partition coefficient (Wildman–Crippen LogP) is 1.68. The molecule has 2 rings (SSSR count). The van der Waals surface area contributed by atoms with Gasteiger partial charge in [-0.2, -0.15) is 0 Å². The van der Waals surface area contributed by atoms with E-state index in [0.717, 1.165) is 11.8 Å². The van der Waals surface area contributed by atoms with E-state index in [9.17, 15) is 18.0 Å². The lowest BCUT2D eigenvalue weighted by atomic mass is 10.1. The zero-order valence-corrected chi connectivity index (χ0v) is 14.8. The topological polar surface area (TPSA) is 105 Å². The van der Waals surface area contributed by atoms with Crippen LogP contribution >= 0.6 is 0 Å². The van der Waals surface area contributed by atoms with E-state index >= 15 is 0 Å². The van der Waals surface area contributed by atoms with Gasteiger partial charge in [0.25, 0.3) is 5.91 Å². The predicted molar refractivity (Wildman–Crippen MR) is 91.8 cm³/mol. The van der Waals surface area contributed by atoms with Gasteiger partial charge in [-0.15, -0.1) is 0 Å². The third-order valence-electron chi connectivity index (χ3n) is 3.57. The highest BCUT2D eigenvalue weighted by Crippen LogP contribution is 2.16. The number of nitrogens with one attached hydrogen (secondary N) is 2. The molecule has 0 aliphatic carbocycles. The Morgan fingerprint density at radius 1 is 1.16 bits per heavy atom. The largest absolute Gasteiger partial charge is 0.459 e. The molecule has 134 valence electrons. The second-order valence-electron chi connectivity index (χ2n) is 5.61. The minimum absolute atomic E-state index is 0.123. The summed E-state index contributed by atoms with van der Waals surface area (Å²) in [6.45, 7) is 1.99. The number of amides is 2. The van der Waals surface area contributed by atoms with Gasteiger partial charge in [0.1, 0.15) is 0 Å². The fourth-order valence-electron chi connectivity index (χ4n) is 2.19. The first-order chi connectivity index (χ1) is 11.8. The van der Waals surface area contributed by atoms with Gasteiger partial charge in [0.2, 0.25) is 5.91 Å². The van der Waals surface area contributed by atoms with Crippen LogP contribution in [0.2, 0.25) is 0 Å². The fraction of sp³-hybridized carbons (Fsp3) is 0.294. The molecule has 1 heterocycles. The SMILES string of the molecule is C[C@H](NC(=O)CCNC(=O)c1ccco1)c1ccc(S(C)(=O)=O)cc1. The summed E-state index contributed by atoms with van der Waals surface area (Å²) in [6, 6.07) is 9.23. The molecule has 2 amide bonds. The van der Waals surface area contributed by atoms with E-state index in [1.54, 1.807) is 25.1 Å². The Hall–Kier alpha value is -2.61. The van der Waals surface area contributed by atoms with Crippen molar-refractivity contribution in [2.24, 2.45) is 0 Å². The number of carbonyl (C=O) groups is 2. The molecule has 0 saturated heterocycles. The second-order valence-corrected chi connectivity index (χ2v) is 7.63. The standard InChI is InChI=1S/C17H20N2O5S/c1-12(13-5-7-14(8-6-13)25(2,22)23)19-16(20)9-10-18-17(21)15-4-3-11-24-15/h3-8,11-12H,9-10H2,1-2H3,(H,18,21)(H,19,20)/t12-/m0/s1. The molecule has 0 spiro atoms. The van der Waals surface area contributed by atoms with Crippen molar-refractivity contribution in [2.75, 3.05) is 12.8 Å². The van der Waals surface area contributed by atoms with Crippen LogP contribution in [0.15, 0.2) is 52.0 Å². The monoisotopic (exact) mass is 364 g/mol. The highest BCUT2D eigenvalue weighted by molar-refractivity contribution is 7.90. The first-order valence-electron chi connectivity index (χ1n) is 7.68. The highest BCUT2D eigenvalue weighted by atomic mass is 32.2. The molecule has 1 aromatic heterocycles. The Balaban J connectivity index is 1.80. The molecule has 7 nitrogen and oxygen atoms in total. The van der Waals surface area contributed by atoms with Crippen molar-refractivity contribution >= 4 is 21.7 Å². The Morgan fingerprint density at radius 2 is 1.84 bits per heavy atom. The van der Waals surface area contributed by atoms with Gasteiger partial charge in [-0.05, 0) is 36.8 Å². The maximum absolute atomic E-state index is 11.9. The van der Waals surface area contributed by atoms with Gasteiger partial charge in [-0.3, -0.25) is 9.59 Å². The fourth-order valence-corrected chi connectivity index (χ4v) is 2.82. The van der Waals surface area contributed by atoms with Crippen LogP contribution in [-0.2, 0) is 14.6 Å². The Kier molecular flexibility index (Phi) is 5.97. The molecule has 0 unspecified atom stereocenters. The van der Waals surface area contributed by atoms with Crippen molar-refractivity contribution < 1.29 is 22.4 Å². The van der Waals surface area contributed by atoms with Crippen LogP contribution in [0, 0.1) is 0 Å². The molecule has 0 bridgehead atoms. The van der Waals surface area contributed by atoms with E-state index in [4.69, 9.17) is 4.42 Å². The molecule has 2 N–H and O–H groups in total. The van der Waals surface area contributed by atoms with E-state index in [1.807, 2.05) is 0 Å². The number of hydrogen-bond donors (Lipinski definition) is 2. The second kappa shape index (κ2) is 7.98. The smallest absolute Gasteiger partial charge is 0.286 e. The van der Waals surface area contributed by atoms with Crippen molar-refractivity contribution in [2.45, 2.75) is 24.3 Å². The lowest BCUT2D eigenvalue weighted by Gasteiger charge is -2.15. The van der Waals surface area contributed by atoms with Crippen LogP contribution < -0.4 is 10.6 Å². The van der Waals surface area contributed by atoms with Crippen LogP contribution in [0.5, 0.6) is 0 Å². The average molecular weight is 364 g/mol. The van der Waals surface area contributed by atoms with Crippen LogP contribution in [0.1, 0.15) is 35.5 Å². The first kappa shape index (κ1) is 18.7. The number of sulfone groups is 1. The summed E-state index contributed by atoms with van der Waals surface area (Å²) in [5.74, 6) is -0.401. The molecule has 0 aliphatic heterocycles. The van der Waals surface area contributed by atoms with Gasteiger partial charge in [-0.1, -0.05) is 12.1 Å². The molecule has 25 heavy (non-hydrogen) atoms. The molecule has 0 aliphatic rings. The van der Waals surface area contributed by atoms with Crippen LogP contribution in [-0.4, -0.2) is 33.0 Å². The van der Waals surface area contributed by atoms with E-state index in [0.29, 0.717) is 0 Å². The molecule has 1 atom stereocenters. The minimum atomic E-state index is -3.24. The highest BCUT2D eigenvalue weighted by Gasteiger charge is 2.13. The Morgan fingerprint density at radius 3 is 2.40 bits per heavy atom. The third-order valence-corrected chi connectivity index (χ3v) is 4.70. The first-order valence-corrected chi connectivity index (χ1v) is 9.57. The molecule has 0 saturated carbocycles. The molecular formula is C17H20N2O5S. The number of furan rings is 1. The van der Waals surface area contributed by atoms with Crippen LogP contribution in [0.25, 0.3) is 0 Å². The summed E-state index contributed by atoms with van der Waals surface area (Å²) in [5, 5.41) is 5.39. The summed E-state index contributed by atoms with van der Waals surface area (Å²) >= 11 is 0. The normalized spacial score (nSPS) is 12.4. The van der Waals surface area contributed by atoms with Crippen molar-refractivity contribution in [3.05, 3.63) is 54.0 Å². The van der Waals surface area contributed by atoms with E-state index in [1.165, 1.54) is 24.5 Å². The van der Waals surface area contributed by atoms with Gasteiger partial charge >= 0.3 is 0 Å². The van der Waals surface area contributed by atoms with E-state index in [-0.39, 0.29) is 41.5 Å². The summed E-state index contributed by atoms with van der Waals surface area (Å²) in [7, 11) is -3.24.